The molecule has 2 N–H and O–H groups in total. The molecule has 0 saturated heterocycles. The molecule has 0 bridgehead atoms. The van der Waals surface area contributed by atoms with Gasteiger partial charge in [-0.25, -0.2) is 9.78 Å². The molecular weight excluding hydrogens is 246 g/mol. The fraction of sp³-hybridized carbons (Fsp3) is 0.308. The number of carbonyl (C=O) groups is 1. The number of aromatic amines is 1. The summed E-state index contributed by atoms with van der Waals surface area (Å²) in [6.45, 7) is 2.02. The highest BCUT2D eigenvalue weighted by Gasteiger charge is 2.20. The molecule has 2 heterocycles. The Morgan fingerprint density at radius 2 is 2.32 bits per heavy atom. The van der Waals surface area contributed by atoms with Crippen molar-refractivity contribution >= 4 is 5.97 Å². The third-order valence-electron chi connectivity index (χ3n) is 2.83. The minimum absolute atomic E-state index is 0.0609. The lowest BCUT2D eigenvalue weighted by Gasteiger charge is -2.14. The van der Waals surface area contributed by atoms with E-state index in [9.17, 15) is 4.79 Å². The van der Waals surface area contributed by atoms with Crippen molar-refractivity contribution in [1.29, 1.82) is 0 Å². The normalized spacial score (nSPS) is 10.4. The van der Waals surface area contributed by atoms with Crippen molar-refractivity contribution in [3.8, 4) is 17.0 Å². The molecule has 0 saturated carbocycles. The van der Waals surface area contributed by atoms with Crippen molar-refractivity contribution in [2.45, 2.75) is 19.8 Å². The Morgan fingerprint density at radius 1 is 1.53 bits per heavy atom. The van der Waals surface area contributed by atoms with E-state index in [0.29, 0.717) is 12.2 Å². The average molecular weight is 261 g/mol. The van der Waals surface area contributed by atoms with Gasteiger partial charge in [0.15, 0.2) is 11.4 Å². The van der Waals surface area contributed by atoms with Crippen molar-refractivity contribution in [2.75, 3.05) is 7.11 Å². The fourth-order valence-electron chi connectivity index (χ4n) is 2.04. The van der Waals surface area contributed by atoms with Crippen molar-refractivity contribution in [2.24, 2.45) is 0 Å². The predicted octanol–water partition coefficient (Wildman–Crippen LogP) is 2.13. The third kappa shape index (κ3) is 2.42. The van der Waals surface area contributed by atoms with Crippen molar-refractivity contribution < 1.29 is 14.6 Å². The highest BCUT2D eigenvalue weighted by Crippen LogP contribution is 2.32. The van der Waals surface area contributed by atoms with E-state index in [0.717, 1.165) is 23.2 Å². The van der Waals surface area contributed by atoms with Crippen LogP contribution < -0.4 is 4.74 Å². The lowest BCUT2D eigenvalue weighted by atomic mass is 10.0. The summed E-state index contributed by atoms with van der Waals surface area (Å²) in [5.74, 6) is -0.771. The number of carboxylic acids is 1. The second-order valence-electron chi connectivity index (χ2n) is 4.06. The van der Waals surface area contributed by atoms with E-state index in [4.69, 9.17) is 9.84 Å². The first-order valence-electron chi connectivity index (χ1n) is 5.98. The highest BCUT2D eigenvalue weighted by molar-refractivity contribution is 5.90. The van der Waals surface area contributed by atoms with Gasteiger partial charge < -0.3 is 9.84 Å². The number of aromatic nitrogens is 3. The molecule has 0 unspecified atom stereocenters. The molecule has 0 aliphatic heterocycles. The summed E-state index contributed by atoms with van der Waals surface area (Å²) in [6, 6.07) is 1.82. The Labute approximate surface area is 110 Å². The maximum Gasteiger partial charge on any atom is 0.358 e. The molecule has 0 aliphatic carbocycles. The molecule has 2 aromatic heterocycles. The van der Waals surface area contributed by atoms with Gasteiger partial charge >= 0.3 is 5.97 Å². The quantitative estimate of drug-likeness (QED) is 0.860. The predicted molar refractivity (Wildman–Crippen MR) is 69.3 cm³/mol. The van der Waals surface area contributed by atoms with Crippen LogP contribution in [0.3, 0.4) is 0 Å². The number of methoxy groups -OCH3 is 1. The second kappa shape index (κ2) is 5.51. The fourth-order valence-corrected chi connectivity index (χ4v) is 2.04. The van der Waals surface area contributed by atoms with Crippen LogP contribution in [0.25, 0.3) is 11.3 Å². The maximum absolute atomic E-state index is 11.2. The molecule has 2 rings (SSSR count). The van der Waals surface area contributed by atoms with Crippen LogP contribution in [0.15, 0.2) is 18.5 Å². The zero-order valence-electron chi connectivity index (χ0n) is 10.8. The second-order valence-corrected chi connectivity index (χ2v) is 4.06. The van der Waals surface area contributed by atoms with Gasteiger partial charge in [-0.2, -0.15) is 5.10 Å². The topological polar surface area (TPSA) is 88.1 Å². The Hall–Kier alpha value is -2.37. The number of hydrogen-bond acceptors (Lipinski definition) is 4. The van der Waals surface area contributed by atoms with Crippen LogP contribution in [0, 0.1) is 0 Å². The Bertz CT molecular complexity index is 579. The summed E-state index contributed by atoms with van der Waals surface area (Å²) < 4.78 is 5.25. The lowest BCUT2D eigenvalue weighted by Crippen LogP contribution is -2.08. The highest BCUT2D eigenvalue weighted by atomic mass is 16.5. The summed E-state index contributed by atoms with van der Waals surface area (Å²) in [7, 11) is 1.46. The summed E-state index contributed by atoms with van der Waals surface area (Å²) in [5.41, 5.74) is 2.39. The first-order chi connectivity index (χ1) is 9.19. The molecule has 2 aromatic rings. The number of nitrogens with zero attached hydrogens (tertiary/aromatic N) is 2. The number of pyridine rings is 1. The van der Waals surface area contributed by atoms with Crippen LogP contribution >= 0.6 is 0 Å². The van der Waals surface area contributed by atoms with Crippen LogP contribution in [0.2, 0.25) is 0 Å². The van der Waals surface area contributed by atoms with E-state index in [-0.39, 0.29) is 5.69 Å². The van der Waals surface area contributed by atoms with E-state index in [1.54, 1.807) is 12.4 Å². The molecule has 0 aliphatic rings. The van der Waals surface area contributed by atoms with Gasteiger partial charge in [0.2, 0.25) is 0 Å². The lowest BCUT2D eigenvalue weighted by molar-refractivity contribution is 0.0686. The van der Waals surface area contributed by atoms with Gasteiger partial charge in [0, 0.05) is 23.5 Å². The first-order valence-corrected chi connectivity index (χ1v) is 5.98. The van der Waals surface area contributed by atoms with Crippen LogP contribution in [0.5, 0.6) is 5.75 Å². The molecule has 6 heteroatoms. The number of hydrogen-bond donors (Lipinski definition) is 2. The van der Waals surface area contributed by atoms with Gasteiger partial charge in [0.05, 0.1) is 12.8 Å². The van der Waals surface area contributed by atoms with E-state index in [2.05, 4.69) is 15.2 Å². The SMILES string of the molecule is CCCc1c(-c2ccn[nH]2)cnc(C(=O)O)c1OC. The van der Waals surface area contributed by atoms with Gasteiger partial charge in [0.25, 0.3) is 0 Å². The smallest absolute Gasteiger partial charge is 0.358 e. The summed E-state index contributed by atoms with van der Waals surface area (Å²) in [6.07, 6.45) is 4.77. The summed E-state index contributed by atoms with van der Waals surface area (Å²) in [4.78, 5) is 15.1. The molecule has 6 nitrogen and oxygen atoms in total. The number of aromatic carboxylic acids is 1. The maximum atomic E-state index is 11.2. The molecule has 0 radical (unpaired) electrons. The number of H-pyrrole nitrogens is 1. The molecule has 0 amide bonds. The Morgan fingerprint density at radius 3 is 2.84 bits per heavy atom. The largest absolute Gasteiger partial charge is 0.494 e. The molecule has 0 spiro atoms. The number of rotatable bonds is 5. The van der Waals surface area contributed by atoms with Gasteiger partial charge in [-0.1, -0.05) is 13.3 Å². The van der Waals surface area contributed by atoms with Gasteiger partial charge in [-0.3, -0.25) is 5.10 Å². The zero-order valence-corrected chi connectivity index (χ0v) is 10.8. The standard InChI is InChI=1S/C13H15N3O3/c1-3-4-8-9(10-5-6-15-16-10)7-14-11(13(17)18)12(8)19-2/h5-7H,3-4H2,1-2H3,(H,15,16)(H,17,18). The van der Waals surface area contributed by atoms with Crippen LogP contribution in [0.4, 0.5) is 0 Å². The van der Waals surface area contributed by atoms with E-state index in [1.165, 1.54) is 7.11 Å². The average Bonchev–Trinajstić information content (AvgIpc) is 2.92. The number of nitrogens with one attached hydrogen (secondary N) is 1. The first kappa shape index (κ1) is 13.1. The zero-order chi connectivity index (χ0) is 13.8. The summed E-state index contributed by atoms with van der Waals surface area (Å²) >= 11 is 0. The van der Waals surface area contributed by atoms with E-state index in [1.807, 2.05) is 13.0 Å². The summed E-state index contributed by atoms with van der Waals surface area (Å²) in [5, 5.41) is 15.9. The molecule has 100 valence electrons. The Balaban J connectivity index is 2.65. The number of ether oxygens (including phenoxy) is 1. The number of carboxylic acid groups (broad SMARTS) is 1. The molecule has 0 fully saturated rings. The van der Waals surface area contributed by atoms with Crippen molar-refractivity contribution in [3.63, 3.8) is 0 Å². The van der Waals surface area contributed by atoms with Crippen molar-refractivity contribution in [3.05, 3.63) is 29.7 Å². The van der Waals surface area contributed by atoms with E-state index < -0.39 is 5.97 Å². The minimum atomic E-state index is -1.09. The molecular formula is C13H15N3O3. The van der Waals surface area contributed by atoms with Gasteiger partial charge in [-0.05, 0) is 12.5 Å². The molecule has 0 aromatic carbocycles. The van der Waals surface area contributed by atoms with Crippen molar-refractivity contribution in [1.82, 2.24) is 15.2 Å². The van der Waals surface area contributed by atoms with Crippen LogP contribution in [0.1, 0.15) is 29.4 Å². The van der Waals surface area contributed by atoms with Crippen LogP contribution in [-0.2, 0) is 6.42 Å². The monoisotopic (exact) mass is 261 g/mol. The molecule has 19 heavy (non-hydrogen) atoms. The Kier molecular flexibility index (Phi) is 3.79. The van der Waals surface area contributed by atoms with E-state index >= 15 is 0 Å². The third-order valence-corrected chi connectivity index (χ3v) is 2.83. The van der Waals surface area contributed by atoms with Gasteiger partial charge in [0.1, 0.15) is 0 Å². The van der Waals surface area contributed by atoms with Crippen LogP contribution in [-0.4, -0.2) is 33.4 Å². The van der Waals surface area contributed by atoms with Gasteiger partial charge in [-0.15, -0.1) is 0 Å². The molecule has 0 atom stereocenters. The minimum Gasteiger partial charge on any atom is -0.494 e.